The minimum Gasteiger partial charge on any atom is -0.309 e. The lowest BCUT2D eigenvalue weighted by atomic mass is 9.92. The zero-order valence-electron chi connectivity index (χ0n) is 20.2. The third-order valence-corrected chi connectivity index (χ3v) is 7.62. The second-order valence-corrected chi connectivity index (χ2v) is 12.1. The van der Waals surface area contributed by atoms with Gasteiger partial charge in [0.1, 0.15) is 5.82 Å². The van der Waals surface area contributed by atoms with Gasteiger partial charge in [0.15, 0.2) is 0 Å². The molecule has 0 aliphatic heterocycles. The van der Waals surface area contributed by atoms with E-state index >= 15 is 0 Å². The first kappa shape index (κ1) is 26.1. The number of hydrogen-bond acceptors (Lipinski definition) is 4. The van der Waals surface area contributed by atoms with E-state index in [-0.39, 0.29) is 23.4 Å². The van der Waals surface area contributed by atoms with Crippen LogP contribution in [0.15, 0.2) is 64.0 Å². The quantitative estimate of drug-likeness (QED) is 0.416. The van der Waals surface area contributed by atoms with Crippen molar-refractivity contribution >= 4 is 37.7 Å². The standard InChI is InChI=1S/C25H31BrN4O3S/c1-6-14-29(34(32,33)21-12-10-19(26)11-13-21)17-24(31)27-23-16-22(25(3,4)5)28-30(23)20-9-7-8-18(2)15-20/h7-13,15-16H,6,14,17H2,1-5H3,(H,27,31). The molecule has 1 N–H and O–H groups in total. The Labute approximate surface area is 210 Å². The van der Waals surface area contributed by atoms with Crippen LogP contribution in [-0.2, 0) is 20.2 Å². The van der Waals surface area contributed by atoms with E-state index < -0.39 is 15.9 Å². The van der Waals surface area contributed by atoms with Gasteiger partial charge in [-0.25, -0.2) is 13.1 Å². The van der Waals surface area contributed by atoms with E-state index in [4.69, 9.17) is 5.10 Å². The molecule has 182 valence electrons. The molecule has 9 heteroatoms. The predicted octanol–water partition coefficient (Wildman–Crippen LogP) is 5.28. The molecule has 1 heterocycles. The number of nitrogens with one attached hydrogen (secondary N) is 1. The normalized spacial score (nSPS) is 12.2. The summed E-state index contributed by atoms with van der Waals surface area (Å²) in [4.78, 5) is 13.2. The molecule has 0 saturated carbocycles. The number of benzene rings is 2. The lowest BCUT2D eigenvalue weighted by Crippen LogP contribution is -2.38. The van der Waals surface area contributed by atoms with Crippen LogP contribution in [0.1, 0.15) is 45.4 Å². The number of amides is 1. The summed E-state index contributed by atoms with van der Waals surface area (Å²) in [6.07, 6.45) is 0.582. The number of rotatable bonds is 8. The van der Waals surface area contributed by atoms with Crippen molar-refractivity contribution in [2.75, 3.05) is 18.4 Å². The highest BCUT2D eigenvalue weighted by atomic mass is 79.9. The van der Waals surface area contributed by atoms with E-state index in [1.807, 2.05) is 44.2 Å². The fourth-order valence-corrected chi connectivity index (χ4v) is 5.18. The van der Waals surface area contributed by atoms with Crippen LogP contribution >= 0.6 is 15.9 Å². The molecule has 2 aromatic carbocycles. The lowest BCUT2D eigenvalue weighted by Gasteiger charge is -2.21. The van der Waals surface area contributed by atoms with E-state index in [2.05, 4.69) is 42.0 Å². The third kappa shape index (κ3) is 6.14. The second kappa shape index (κ2) is 10.4. The number of carbonyl (C=O) groups excluding carboxylic acids is 1. The van der Waals surface area contributed by atoms with E-state index in [0.29, 0.717) is 12.2 Å². The molecule has 0 fully saturated rings. The van der Waals surface area contributed by atoms with Gasteiger partial charge in [-0.1, -0.05) is 55.8 Å². The van der Waals surface area contributed by atoms with Crippen LogP contribution in [0.25, 0.3) is 5.69 Å². The van der Waals surface area contributed by atoms with Gasteiger partial charge < -0.3 is 5.32 Å². The Morgan fingerprint density at radius 1 is 1.12 bits per heavy atom. The molecule has 0 unspecified atom stereocenters. The second-order valence-electron chi connectivity index (χ2n) is 9.26. The number of hydrogen-bond donors (Lipinski definition) is 1. The summed E-state index contributed by atoms with van der Waals surface area (Å²) in [6.45, 7) is 9.96. The highest BCUT2D eigenvalue weighted by molar-refractivity contribution is 9.10. The van der Waals surface area contributed by atoms with E-state index in [9.17, 15) is 13.2 Å². The van der Waals surface area contributed by atoms with Crippen LogP contribution in [0.2, 0.25) is 0 Å². The highest BCUT2D eigenvalue weighted by Gasteiger charge is 2.27. The fraction of sp³-hybridized carbons (Fsp3) is 0.360. The summed E-state index contributed by atoms with van der Waals surface area (Å²) in [5.74, 6) is 0.0708. The van der Waals surface area contributed by atoms with Crippen molar-refractivity contribution < 1.29 is 13.2 Å². The van der Waals surface area contributed by atoms with Crippen molar-refractivity contribution in [3.63, 3.8) is 0 Å². The molecular formula is C25H31BrN4O3S. The molecule has 0 saturated heterocycles. The summed E-state index contributed by atoms with van der Waals surface area (Å²) in [5.41, 5.74) is 2.47. The summed E-state index contributed by atoms with van der Waals surface area (Å²) < 4.78 is 30.1. The van der Waals surface area contributed by atoms with Crippen LogP contribution in [0, 0.1) is 6.92 Å². The Morgan fingerprint density at radius 2 is 1.79 bits per heavy atom. The maximum absolute atomic E-state index is 13.2. The fourth-order valence-electron chi connectivity index (χ4n) is 3.42. The number of aryl methyl sites for hydroxylation is 1. The molecule has 34 heavy (non-hydrogen) atoms. The molecule has 0 spiro atoms. The Hall–Kier alpha value is -2.49. The molecule has 0 radical (unpaired) electrons. The highest BCUT2D eigenvalue weighted by Crippen LogP contribution is 2.27. The molecule has 0 atom stereocenters. The van der Waals surface area contributed by atoms with Gasteiger partial charge in [-0.15, -0.1) is 0 Å². The number of halogens is 1. The van der Waals surface area contributed by atoms with Gasteiger partial charge >= 0.3 is 0 Å². The van der Waals surface area contributed by atoms with Crippen molar-refractivity contribution in [3.8, 4) is 5.69 Å². The van der Waals surface area contributed by atoms with E-state index in [1.165, 1.54) is 16.4 Å². The van der Waals surface area contributed by atoms with Crippen LogP contribution in [0.4, 0.5) is 5.82 Å². The average molecular weight is 548 g/mol. The minimum atomic E-state index is -3.82. The number of aromatic nitrogens is 2. The van der Waals surface area contributed by atoms with Gasteiger partial charge in [0.2, 0.25) is 15.9 Å². The van der Waals surface area contributed by atoms with Crippen LogP contribution in [0.5, 0.6) is 0 Å². The largest absolute Gasteiger partial charge is 0.309 e. The predicted molar refractivity (Wildman–Crippen MR) is 139 cm³/mol. The molecule has 7 nitrogen and oxygen atoms in total. The molecule has 3 rings (SSSR count). The first-order chi connectivity index (χ1) is 15.9. The number of sulfonamides is 1. The molecule has 3 aromatic rings. The van der Waals surface area contributed by atoms with Crippen LogP contribution in [0.3, 0.4) is 0 Å². The summed E-state index contributed by atoms with van der Waals surface area (Å²) in [7, 11) is -3.82. The molecule has 0 aliphatic carbocycles. The van der Waals surface area contributed by atoms with E-state index in [1.54, 1.807) is 16.8 Å². The minimum absolute atomic E-state index is 0.150. The number of anilines is 1. The third-order valence-electron chi connectivity index (χ3n) is 5.24. The van der Waals surface area contributed by atoms with Crippen molar-refractivity contribution in [2.45, 2.75) is 51.3 Å². The summed E-state index contributed by atoms with van der Waals surface area (Å²) in [6, 6.07) is 16.1. The Balaban J connectivity index is 1.90. The Bertz CT molecular complexity index is 1260. The lowest BCUT2D eigenvalue weighted by molar-refractivity contribution is -0.116. The van der Waals surface area contributed by atoms with Crippen LogP contribution < -0.4 is 5.32 Å². The van der Waals surface area contributed by atoms with Crippen LogP contribution in [-0.4, -0.2) is 41.5 Å². The summed E-state index contributed by atoms with van der Waals surface area (Å²) >= 11 is 3.32. The molecule has 1 amide bonds. The monoisotopic (exact) mass is 546 g/mol. The van der Waals surface area contributed by atoms with Gasteiger partial charge in [-0.05, 0) is 55.3 Å². The number of carbonyl (C=O) groups is 1. The van der Waals surface area contributed by atoms with Crippen molar-refractivity contribution in [2.24, 2.45) is 0 Å². The Morgan fingerprint density at radius 3 is 2.38 bits per heavy atom. The topological polar surface area (TPSA) is 84.3 Å². The SMILES string of the molecule is CCCN(CC(=O)Nc1cc(C(C)(C)C)nn1-c1cccc(C)c1)S(=O)(=O)c1ccc(Br)cc1. The van der Waals surface area contributed by atoms with Gasteiger partial charge in [0.25, 0.3) is 0 Å². The maximum Gasteiger partial charge on any atom is 0.243 e. The summed E-state index contributed by atoms with van der Waals surface area (Å²) in [5, 5.41) is 7.62. The van der Waals surface area contributed by atoms with Crippen molar-refractivity contribution in [1.29, 1.82) is 0 Å². The smallest absolute Gasteiger partial charge is 0.243 e. The Kier molecular flexibility index (Phi) is 8.00. The van der Waals surface area contributed by atoms with Gasteiger partial charge in [-0.3, -0.25) is 4.79 Å². The van der Waals surface area contributed by atoms with Crippen molar-refractivity contribution in [1.82, 2.24) is 14.1 Å². The van der Waals surface area contributed by atoms with E-state index in [0.717, 1.165) is 21.4 Å². The maximum atomic E-state index is 13.2. The zero-order valence-corrected chi connectivity index (χ0v) is 22.6. The number of nitrogens with zero attached hydrogens (tertiary/aromatic N) is 3. The first-order valence-corrected chi connectivity index (χ1v) is 13.4. The van der Waals surface area contributed by atoms with Crippen molar-refractivity contribution in [3.05, 3.63) is 70.3 Å². The van der Waals surface area contributed by atoms with Gasteiger partial charge in [0, 0.05) is 22.5 Å². The van der Waals surface area contributed by atoms with Gasteiger partial charge in [-0.2, -0.15) is 9.40 Å². The molecule has 0 bridgehead atoms. The molecule has 0 aliphatic rings. The average Bonchev–Trinajstić information content (AvgIpc) is 3.18. The molecular weight excluding hydrogens is 516 g/mol. The first-order valence-electron chi connectivity index (χ1n) is 11.1. The zero-order chi connectivity index (χ0) is 25.1. The molecule has 1 aromatic heterocycles. The van der Waals surface area contributed by atoms with Gasteiger partial charge in [0.05, 0.1) is 22.8 Å².